The molecule has 0 aliphatic carbocycles. The van der Waals surface area contributed by atoms with Gasteiger partial charge in [-0.05, 0) is 37.6 Å². The van der Waals surface area contributed by atoms with Crippen molar-refractivity contribution < 1.29 is 19.1 Å². The summed E-state index contributed by atoms with van der Waals surface area (Å²) in [6, 6.07) is 4.10. The third-order valence-corrected chi connectivity index (χ3v) is 8.79. The number of benzene rings is 1. The second-order valence-corrected chi connectivity index (χ2v) is 12.0. The minimum atomic E-state index is -0.599. The Kier molecular flexibility index (Phi) is 8.44. The van der Waals surface area contributed by atoms with Crippen molar-refractivity contribution in [3.8, 4) is 11.3 Å². The van der Waals surface area contributed by atoms with Gasteiger partial charge in [-0.15, -0.1) is 0 Å². The molecule has 4 N–H and O–H groups in total. The number of carbonyl (C=O) groups excluding carboxylic acids is 2. The Labute approximate surface area is 264 Å². The molecule has 0 fully saturated rings. The zero-order valence-corrected chi connectivity index (χ0v) is 26.3. The number of halogens is 2. The number of nitrogens with one attached hydrogen (secondary N) is 3. The fourth-order valence-electron chi connectivity index (χ4n) is 6.11. The predicted octanol–water partition coefficient (Wildman–Crippen LogP) is 3.21. The van der Waals surface area contributed by atoms with E-state index in [1.165, 1.54) is 18.3 Å². The highest BCUT2D eigenvalue weighted by Crippen LogP contribution is 2.37. The Morgan fingerprint density at radius 1 is 1.07 bits per heavy atom. The maximum atomic E-state index is 15.0. The topological polar surface area (TPSA) is 142 Å². The molecule has 1 atom stereocenters. The van der Waals surface area contributed by atoms with Crippen molar-refractivity contribution >= 4 is 34.8 Å². The minimum absolute atomic E-state index is 0.121. The molecule has 0 saturated heterocycles. The molecular weight excluding hydrogens is 601 g/mol. The van der Waals surface area contributed by atoms with Crippen molar-refractivity contribution in [2.45, 2.75) is 45.9 Å². The number of aromatic nitrogens is 5. The summed E-state index contributed by atoms with van der Waals surface area (Å²) in [5.41, 5.74) is 5.26. The minimum Gasteiger partial charge on any atom is -0.392 e. The van der Waals surface area contributed by atoms with Gasteiger partial charge in [0.2, 0.25) is 0 Å². The third kappa shape index (κ3) is 5.96. The highest BCUT2D eigenvalue weighted by atomic mass is 35.5. The summed E-state index contributed by atoms with van der Waals surface area (Å²) >= 11 is 6.76. The molecule has 0 radical (unpaired) electrons. The van der Waals surface area contributed by atoms with Gasteiger partial charge in [0.1, 0.15) is 5.82 Å². The van der Waals surface area contributed by atoms with E-state index in [9.17, 15) is 14.7 Å². The van der Waals surface area contributed by atoms with Crippen LogP contribution in [0.5, 0.6) is 0 Å². The number of nitrogens with zero attached hydrogens (tertiary/aromatic N) is 6. The lowest BCUT2D eigenvalue weighted by molar-refractivity contribution is 0.100. The fraction of sp³-hybridized carbons (Fsp3) is 0.387. The van der Waals surface area contributed by atoms with Crippen molar-refractivity contribution in [2.24, 2.45) is 14.1 Å². The smallest absolute Gasteiger partial charge is 0.291 e. The van der Waals surface area contributed by atoms with E-state index in [1.807, 2.05) is 7.05 Å². The lowest BCUT2D eigenvalue weighted by Crippen LogP contribution is -2.36. The number of β-amino-alcohol motifs (C(OH)–C–C–N with tert-alkyl or cyclic N) is 1. The van der Waals surface area contributed by atoms with Gasteiger partial charge < -0.3 is 30.2 Å². The number of imidazole rings is 2. The summed E-state index contributed by atoms with van der Waals surface area (Å²) < 4.78 is 18.6. The van der Waals surface area contributed by atoms with Crippen LogP contribution in [0.4, 0.5) is 15.8 Å². The molecule has 6 rings (SSSR count). The van der Waals surface area contributed by atoms with Crippen LogP contribution in [0, 0.1) is 12.7 Å². The first-order valence-corrected chi connectivity index (χ1v) is 15.2. The summed E-state index contributed by atoms with van der Waals surface area (Å²) in [5, 5.41) is 18.8. The molecule has 14 heteroatoms. The quantitative estimate of drug-likeness (QED) is 0.243. The first-order chi connectivity index (χ1) is 21.5. The Morgan fingerprint density at radius 2 is 1.73 bits per heavy atom. The number of amides is 2. The summed E-state index contributed by atoms with van der Waals surface area (Å²) in [7, 11) is 3.60. The molecule has 4 aromatic rings. The standard InChI is InChI=1S/C31H35ClFN9O3/c1-16(43)14-42-10-7-25-23(15-42)37-29(41(25)4)31(45)39-21-12-18(33)11-19(17(21)2)27-26(32)20(5-9-35-27)38-30(44)28-36-22-13-34-8-6-24(22)40(28)3/h5,9,11-12,16,34,43H,6-8,10,13-15H2,1-4H3,(H,39,45)(H,35,38,44). The Hall–Kier alpha value is -4.17. The number of fused-ring (bicyclic) bond motifs is 2. The van der Waals surface area contributed by atoms with E-state index in [0.717, 1.165) is 42.3 Å². The van der Waals surface area contributed by atoms with Crippen LogP contribution in [0.2, 0.25) is 5.02 Å². The highest BCUT2D eigenvalue weighted by molar-refractivity contribution is 6.36. The van der Waals surface area contributed by atoms with E-state index in [1.54, 1.807) is 36.1 Å². The van der Waals surface area contributed by atoms with Crippen molar-refractivity contribution in [3.05, 3.63) is 75.2 Å². The lowest BCUT2D eigenvalue weighted by atomic mass is 10.0. The average Bonchev–Trinajstić information content (AvgIpc) is 3.52. The highest BCUT2D eigenvalue weighted by Gasteiger charge is 2.27. The zero-order valence-electron chi connectivity index (χ0n) is 25.5. The molecular formula is C31H35ClFN9O3. The summed E-state index contributed by atoms with van der Waals surface area (Å²) in [6.07, 6.45) is 2.48. The van der Waals surface area contributed by atoms with Crippen molar-refractivity contribution in [1.82, 2.24) is 34.3 Å². The van der Waals surface area contributed by atoms with Gasteiger partial charge in [-0.3, -0.25) is 19.5 Å². The van der Waals surface area contributed by atoms with E-state index in [-0.39, 0.29) is 28.1 Å². The molecule has 236 valence electrons. The van der Waals surface area contributed by atoms with E-state index < -0.39 is 23.7 Å². The van der Waals surface area contributed by atoms with Gasteiger partial charge in [0.05, 0.1) is 33.9 Å². The largest absolute Gasteiger partial charge is 0.392 e. The molecule has 2 aliphatic rings. The maximum absolute atomic E-state index is 15.0. The van der Waals surface area contributed by atoms with Gasteiger partial charge in [0.25, 0.3) is 11.8 Å². The summed E-state index contributed by atoms with van der Waals surface area (Å²) in [6.45, 7) is 6.68. The van der Waals surface area contributed by atoms with Crippen LogP contribution in [0.1, 0.15) is 56.5 Å². The molecule has 1 unspecified atom stereocenters. The maximum Gasteiger partial charge on any atom is 0.291 e. The molecule has 0 bridgehead atoms. The van der Waals surface area contributed by atoms with Crippen LogP contribution in [0.3, 0.4) is 0 Å². The van der Waals surface area contributed by atoms with Crippen LogP contribution >= 0.6 is 11.6 Å². The van der Waals surface area contributed by atoms with Crippen LogP contribution in [-0.4, -0.2) is 71.6 Å². The van der Waals surface area contributed by atoms with Crippen molar-refractivity contribution in [2.75, 3.05) is 30.3 Å². The molecule has 1 aromatic carbocycles. The number of aliphatic hydroxyl groups excluding tert-OH is 1. The molecule has 12 nitrogen and oxygen atoms in total. The van der Waals surface area contributed by atoms with Gasteiger partial charge in [0.15, 0.2) is 11.6 Å². The van der Waals surface area contributed by atoms with Gasteiger partial charge in [-0.2, -0.15) is 0 Å². The SMILES string of the molecule is Cc1c(NC(=O)c2nc3c(n2C)CCN(CC(C)O)C3)cc(F)cc1-c1nccc(NC(=O)c2nc3c(n2C)CCNC3)c1Cl. The number of carbonyl (C=O) groups is 2. The molecule has 0 spiro atoms. The van der Waals surface area contributed by atoms with E-state index in [4.69, 9.17) is 11.6 Å². The van der Waals surface area contributed by atoms with Gasteiger partial charge in [-0.25, -0.2) is 14.4 Å². The van der Waals surface area contributed by atoms with Crippen molar-refractivity contribution in [1.29, 1.82) is 0 Å². The Balaban J connectivity index is 1.25. The molecule has 5 heterocycles. The van der Waals surface area contributed by atoms with Gasteiger partial charge >= 0.3 is 0 Å². The van der Waals surface area contributed by atoms with Crippen LogP contribution in [0.15, 0.2) is 24.4 Å². The summed E-state index contributed by atoms with van der Waals surface area (Å²) in [5.74, 6) is -1.05. The Morgan fingerprint density at radius 3 is 2.42 bits per heavy atom. The second-order valence-electron chi connectivity index (χ2n) is 11.6. The molecule has 2 amide bonds. The van der Waals surface area contributed by atoms with Crippen LogP contribution in [0.25, 0.3) is 11.3 Å². The Bertz CT molecular complexity index is 1820. The number of hydrogen-bond acceptors (Lipinski definition) is 8. The first kappa shape index (κ1) is 30.8. The van der Waals surface area contributed by atoms with E-state index in [2.05, 4.69) is 35.8 Å². The molecule has 3 aromatic heterocycles. The number of rotatable bonds is 7. The number of aliphatic hydroxyl groups is 1. The summed E-state index contributed by atoms with van der Waals surface area (Å²) in [4.78, 5) is 42.2. The van der Waals surface area contributed by atoms with E-state index >= 15 is 4.39 Å². The number of hydrogen-bond donors (Lipinski definition) is 4. The second kappa shape index (κ2) is 12.3. The van der Waals surface area contributed by atoms with Crippen LogP contribution < -0.4 is 16.0 Å². The lowest BCUT2D eigenvalue weighted by Gasteiger charge is -2.27. The predicted molar refractivity (Wildman–Crippen MR) is 168 cm³/mol. The van der Waals surface area contributed by atoms with Crippen LogP contribution in [-0.2, 0) is 40.0 Å². The molecule has 2 aliphatic heterocycles. The molecule has 45 heavy (non-hydrogen) atoms. The normalized spacial score (nSPS) is 15.4. The van der Waals surface area contributed by atoms with Gasteiger partial charge in [0, 0.05) is 88.5 Å². The average molecular weight is 636 g/mol. The van der Waals surface area contributed by atoms with Gasteiger partial charge in [-0.1, -0.05) is 11.6 Å². The zero-order chi connectivity index (χ0) is 32.0. The van der Waals surface area contributed by atoms with E-state index in [0.29, 0.717) is 42.9 Å². The number of anilines is 2. The molecule has 0 saturated carbocycles. The third-order valence-electron chi connectivity index (χ3n) is 8.40. The number of pyridine rings is 1. The monoisotopic (exact) mass is 635 g/mol. The first-order valence-electron chi connectivity index (χ1n) is 14.8. The van der Waals surface area contributed by atoms with Crippen molar-refractivity contribution in [3.63, 3.8) is 0 Å². The fourth-order valence-corrected chi connectivity index (χ4v) is 6.37.